The average Bonchev–Trinajstić information content (AvgIpc) is 3.34. The van der Waals surface area contributed by atoms with Crippen molar-refractivity contribution in [3.63, 3.8) is 0 Å². The van der Waals surface area contributed by atoms with Crippen LogP contribution in [0.2, 0.25) is 0 Å². The Balaban J connectivity index is 1.49. The molecular formula is C25H26N4O3S. The minimum absolute atomic E-state index is 0.0658. The van der Waals surface area contributed by atoms with Crippen molar-refractivity contribution < 1.29 is 9.21 Å². The maximum atomic E-state index is 13.1. The molecule has 2 heterocycles. The summed E-state index contributed by atoms with van der Waals surface area (Å²) in [5, 5.41) is 4.03. The molecule has 0 radical (unpaired) electrons. The predicted octanol–water partition coefficient (Wildman–Crippen LogP) is 3.55. The fraction of sp³-hybridized carbons (Fsp3) is 0.240. The summed E-state index contributed by atoms with van der Waals surface area (Å²) in [5.41, 5.74) is 1.59. The van der Waals surface area contributed by atoms with Gasteiger partial charge < -0.3 is 14.6 Å². The molecule has 1 N–H and O–H groups in total. The molecule has 2 aromatic heterocycles. The Bertz CT molecular complexity index is 1270. The van der Waals surface area contributed by atoms with Gasteiger partial charge >= 0.3 is 0 Å². The fourth-order valence-electron chi connectivity index (χ4n) is 3.62. The maximum absolute atomic E-state index is 13.1. The lowest BCUT2D eigenvalue weighted by atomic mass is 10.1. The highest BCUT2D eigenvalue weighted by Gasteiger charge is 2.17. The normalized spacial score (nSPS) is 12.2. The van der Waals surface area contributed by atoms with Gasteiger partial charge in [-0.1, -0.05) is 54.2 Å². The largest absolute Gasteiger partial charge is 0.467 e. The second-order valence-corrected chi connectivity index (χ2v) is 8.81. The van der Waals surface area contributed by atoms with Crippen molar-refractivity contribution >= 4 is 28.6 Å². The van der Waals surface area contributed by atoms with Crippen LogP contribution in [0, 0.1) is 0 Å². The van der Waals surface area contributed by atoms with Gasteiger partial charge in [0.05, 0.1) is 35.5 Å². The Hall–Kier alpha value is -3.36. The molecule has 0 aliphatic heterocycles. The molecule has 4 rings (SSSR count). The summed E-state index contributed by atoms with van der Waals surface area (Å²) in [6, 6.07) is 21.0. The SMILES string of the molecule is CN(C)[C@H](CNC(=O)CSc1nc2ccccc2c(=O)n1Cc1ccco1)c1ccccc1. The van der Waals surface area contributed by atoms with Crippen LogP contribution in [-0.4, -0.2) is 46.8 Å². The van der Waals surface area contributed by atoms with Gasteiger partial charge in [-0.25, -0.2) is 4.98 Å². The molecule has 0 fully saturated rings. The van der Waals surface area contributed by atoms with Crippen LogP contribution in [0.5, 0.6) is 0 Å². The number of furan rings is 1. The van der Waals surface area contributed by atoms with Gasteiger partial charge in [0.1, 0.15) is 5.76 Å². The number of hydrogen-bond acceptors (Lipinski definition) is 6. The monoisotopic (exact) mass is 462 g/mol. The van der Waals surface area contributed by atoms with E-state index in [2.05, 4.69) is 27.3 Å². The molecule has 4 aromatic rings. The second kappa shape index (κ2) is 10.5. The molecule has 1 atom stereocenters. The lowest BCUT2D eigenvalue weighted by molar-refractivity contribution is -0.118. The van der Waals surface area contributed by atoms with E-state index in [-0.39, 0.29) is 29.8 Å². The zero-order chi connectivity index (χ0) is 23.2. The number of nitrogens with one attached hydrogen (secondary N) is 1. The third kappa shape index (κ3) is 5.53. The van der Waals surface area contributed by atoms with Gasteiger partial charge in [-0.05, 0) is 43.9 Å². The van der Waals surface area contributed by atoms with Crippen molar-refractivity contribution in [2.75, 3.05) is 26.4 Å². The Kier molecular flexibility index (Phi) is 7.26. The Morgan fingerprint density at radius 2 is 1.85 bits per heavy atom. The first-order valence-corrected chi connectivity index (χ1v) is 11.6. The first kappa shape index (κ1) is 22.8. The molecule has 8 heteroatoms. The molecule has 0 aliphatic carbocycles. The summed E-state index contributed by atoms with van der Waals surface area (Å²) in [7, 11) is 3.98. The van der Waals surface area contributed by atoms with Gasteiger partial charge in [0.25, 0.3) is 5.56 Å². The van der Waals surface area contributed by atoms with Gasteiger partial charge in [-0.15, -0.1) is 0 Å². The topological polar surface area (TPSA) is 80.4 Å². The standard InChI is InChI=1S/C25H26N4O3S/c1-28(2)22(18-9-4-3-5-10-18)15-26-23(30)17-33-25-27-21-13-7-6-12-20(21)24(31)29(25)16-19-11-8-14-32-19/h3-14,22H,15-17H2,1-2H3,(H,26,30)/t22-/m1/s1. The van der Waals surface area contributed by atoms with Crippen LogP contribution in [0.3, 0.4) is 0 Å². The number of fused-ring (bicyclic) bond motifs is 1. The quantitative estimate of drug-likeness (QED) is 0.303. The minimum Gasteiger partial charge on any atom is -0.467 e. The number of carbonyl (C=O) groups excluding carboxylic acids is 1. The number of amides is 1. The number of carbonyl (C=O) groups is 1. The molecule has 1 amide bonds. The summed E-state index contributed by atoms with van der Waals surface area (Å²) in [6.07, 6.45) is 1.57. The first-order chi connectivity index (χ1) is 16.0. The highest BCUT2D eigenvalue weighted by molar-refractivity contribution is 7.99. The summed E-state index contributed by atoms with van der Waals surface area (Å²) in [4.78, 5) is 32.5. The number of para-hydroxylation sites is 1. The molecule has 0 saturated carbocycles. The van der Waals surface area contributed by atoms with E-state index in [1.54, 1.807) is 29.0 Å². The number of benzene rings is 2. The van der Waals surface area contributed by atoms with E-state index in [1.807, 2.05) is 50.5 Å². The van der Waals surface area contributed by atoms with Gasteiger partial charge in [-0.2, -0.15) is 0 Å². The zero-order valence-electron chi connectivity index (χ0n) is 18.6. The van der Waals surface area contributed by atoms with Crippen molar-refractivity contribution in [3.05, 3.63) is 94.7 Å². The lowest BCUT2D eigenvalue weighted by Crippen LogP contribution is -2.35. The number of aromatic nitrogens is 2. The number of likely N-dealkylation sites (N-methyl/N-ethyl adjacent to an activating group) is 1. The highest BCUT2D eigenvalue weighted by Crippen LogP contribution is 2.20. The summed E-state index contributed by atoms with van der Waals surface area (Å²) in [6.45, 7) is 0.741. The Morgan fingerprint density at radius 1 is 1.09 bits per heavy atom. The molecular weight excluding hydrogens is 436 g/mol. The van der Waals surface area contributed by atoms with Crippen LogP contribution in [0.25, 0.3) is 10.9 Å². The van der Waals surface area contributed by atoms with Crippen molar-refractivity contribution in [2.24, 2.45) is 0 Å². The highest BCUT2D eigenvalue weighted by atomic mass is 32.2. The van der Waals surface area contributed by atoms with Crippen LogP contribution >= 0.6 is 11.8 Å². The van der Waals surface area contributed by atoms with Gasteiger partial charge in [0.2, 0.25) is 5.91 Å². The number of hydrogen-bond donors (Lipinski definition) is 1. The molecule has 170 valence electrons. The van der Waals surface area contributed by atoms with Crippen LogP contribution in [0.15, 0.2) is 87.4 Å². The number of thioether (sulfide) groups is 1. The molecule has 2 aromatic carbocycles. The van der Waals surface area contributed by atoms with Crippen LogP contribution in [0.1, 0.15) is 17.4 Å². The second-order valence-electron chi connectivity index (χ2n) is 7.87. The molecule has 0 aliphatic rings. The van der Waals surface area contributed by atoms with Gasteiger partial charge in [0.15, 0.2) is 5.16 Å². The van der Waals surface area contributed by atoms with Gasteiger partial charge in [-0.3, -0.25) is 14.2 Å². The van der Waals surface area contributed by atoms with Crippen molar-refractivity contribution in [2.45, 2.75) is 17.7 Å². The average molecular weight is 463 g/mol. The third-order valence-electron chi connectivity index (χ3n) is 5.35. The van der Waals surface area contributed by atoms with Crippen molar-refractivity contribution in [3.8, 4) is 0 Å². The van der Waals surface area contributed by atoms with Gasteiger partial charge in [0, 0.05) is 6.54 Å². The maximum Gasteiger partial charge on any atom is 0.262 e. The van der Waals surface area contributed by atoms with E-state index in [1.165, 1.54) is 11.8 Å². The van der Waals surface area contributed by atoms with E-state index < -0.39 is 0 Å². The van der Waals surface area contributed by atoms with E-state index in [9.17, 15) is 9.59 Å². The predicted molar refractivity (Wildman–Crippen MR) is 130 cm³/mol. The zero-order valence-corrected chi connectivity index (χ0v) is 19.4. The molecule has 0 saturated heterocycles. The van der Waals surface area contributed by atoms with Crippen LogP contribution < -0.4 is 10.9 Å². The van der Waals surface area contributed by atoms with Crippen molar-refractivity contribution in [1.82, 2.24) is 19.8 Å². The number of nitrogens with zero attached hydrogens (tertiary/aromatic N) is 3. The number of rotatable bonds is 9. The Labute approximate surface area is 196 Å². The molecule has 0 bridgehead atoms. The van der Waals surface area contributed by atoms with Crippen LogP contribution in [0.4, 0.5) is 0 Å². The molecule has 33 heavy (non-hydrogen) atoms. The smallest absolute Gasteiger partial charge is 0.262 e. The summed E-state index contributed by atoms with van der Waals surface area (Å²) >= 11 is 1.25. The van der Waals surface area contributed by atoms with E-state index >= 15 is 0 Å². The molecule has 0 unspecified atom stereocenters. The first-order valence-electron chi connectivity index (χ1n) is 10.7. The van der Waals surface area contributed by atoms with Crippen molar-refractivity contribution in [1.29, 1.82) is 0 Å². The minimum atomic E-state index is -0.156. The van der Waals surface area contributed by atoms with E-state index in [4.69, 9.17) is 4.42 Å². The fourth-order valence-corrected chi connectivity index (χ4v) is 4.45. The molecule has 0 spiro atoms. The lowest BCUT2D eigenvalue weighted by Gasteiger charge is -2.25. The summed E-state index contributed by atoms with van der Waals surface area (Å²) < 4.78 is 6.99. The Morgan fingerprint density at radius 3 is 2.58 bits per heavy atom. The third-order valence-corrected chi connectivity index (χ3v) is 6.33. The summed E-state index contributed by atoms with van der Waals surface area (Å²) in [5.74, 6) is 0.685. The molecule has 7 nitrogen and oxygen atoms in total. The van der Waals surface area contributed by atoms with Crippen LogP contribution in [-0.2, 0) is 11.3 Å². The van der Waals surface area contributed by atoms with E-state index in [0.717, 1.165) is 5.56 Å². The van der Waals surface area contributed by atoms with E-state index in [0.29, 0.717) is 28.4 Å².